The Morgan fingerprint density at radius 3 is 2.69 bits per heavy atom. The summed E-state index contributed by atoms with van der Waals surface area (Å²) in [5, 5.41) is 14.9. The molecule has 0 fully saturated rings. The third kappa shape index (κ3) is 4.20. The van der Waals surface area contributed by atoms with E-state index in [9.17, 15) is 4.79 Å². The Morgan fingerprint density at radius 2 is 2.00 bits per heavy atom. The predicted molar refractivity (Wildman–Crippen MR) is 101 cm³/mol. The molecular weight excluding hydrogens is 350 g/mol. The number of benzene rings is 2. The number of carbonyl (C=O) groups excluding carboxylic acids is 1. The number of carbonyl (C=O) groups is 1. The summed E-state index contributed by atoms with van der Waals surface area (Å²) in [5.41, 5.74) is 2.68. The van der Waals surface area contributed by atoms with Crippen molar-refractivity contribution in [3.05, 3.63) is 54.1 Å². The number of tetrazole rings is 1. The second-order valence-electron chi connectivity index (χ2n) is 5.69. The van der Waals surface area contributed by atoms with Gasteiger partial charge in [0.1, 0.15) is 5.75 Å². The number of hydrogen-bond acceptors (Lipinski definition) is 6. The Balaban J connectivity index is 1.69. The topological polar surface area (TPSA) is 81.9 Å². The smallest absolute Gasteiger partial charge is 0.237 e. The molecule has 0 aliphatic carbocycles. The van der Waals surface area contributed by atoms with Crippen LogP contribution in [-0.2, 0) is 4.79 Å². The number of aryl methyl sites for hydroxylation is 1. The van der Waals surface area contributed by atoms with Crippen LogP contribution in [0.25, 0.3) is 5.69 Å². The highest BCUT2D eigenvalue weighted by Gasteiger charge is 2.19. The molecule has 0 saturated carbocycles. The SMILES string of the molecule is COc1ccc(NC(=O)[C@@H](C)Sc2nnnn2-c2cccc(C)c2)cc1. The fourth-order valence-corrected chi connectivity index (χ4v) is 3.11. The molecule has 0 unspecified atom stereocenters. The molecule has 1 aromatic heterocycles. The highest BCUT2D eigenvalue weighted by Crippen LogP contribution is 2.24. The van der Waals surface area contributed by atoms with E-state index >= 15 is 0 Å². The Bertz CT molecular complexity index is 895. The summed E-state index contributed by atoms with van der Waals surface area (Å²) in [5.74, 6) is 0.613. The number of hydrogen-bond donors (Lipinski definition) is 1. The van der Waals surface area contributed by atoms with Gasteiger partial charge in [-0.1, -0.05) is 23.9 Å². The van der Waals surface area contributed by atoms with E-state index in [0.29, 0.717) is 10.8 Å². The largest absolute Gasteiger partial charge is 0.497 e. The average molecular weight is 369 g/mol. The zero-order valence-electron chi connectivity index (χ0n) is 14.7. The van der Waals surface area contributed by atoms with Crippen LogP contribution in [0, 0.1) is 6.92 Å². The number of thioether (sulfide) groups is 1. The minimum absolute atomic E-state index is 0.126. The second-order valence-corrected chi connectivity index (χ2v) is 7.00. The first-order chi connectivity index (χ1) is 12.6. The summed E-state index contributed by atoms with van der Waals surface area (Å²) in [6.07, 6.45) is 0. The summed E-state index contributed by atoms with van der Waals surface area (Å²) < 4.78 is 6.75. The molecule has 1 amide bonds. The lowest BCUT2D eigenvalue weighted by Crippen LogP contribution is -2.22. The van der Waals surface area contributed by atoms with Crippen molar-refractivity contribution in [1.29, 1.82) is 0 Å². The summed E-state index contributed by atoms with van der Waals surface area (Å²) in [7, 11) is 1.60. The first-order valence-corrected chi connectivity index (χ1v) is 8.92. The van der Waals surface area contributed by atoms with Crippen LogP contribution in [0.5, 0.6) is 5.75 Å². The molecule has 1 atom stereocenters. The summed E-state index contributed by atoms with van der Waals surface area (Å²) in [4.78, 5) is 12.5. The van der Waals surface area contributed by atoms with Gasteiger partial charge in [0.2, 0.25) is 11.1 Å². The van der Waals surface area contributed by atoms with E-state index in [2.05, 4.69) is 20.8 Å². The maximum Gasteiger partial charge on any atom is 0.237 e. The van der Waals surface area contributed by atoms with E-state index in [1.165, 1.54) is 11.8 Å². The molecule has 0 saturated heterocycles. The van der Waals surface area contributed by atoms with E-state index < -0.39 is 0 Å². The van der Waals surface area contributed by atoms with Crippen LogP contribution >= 0.6 is 11.8 Å². The molecule has 3 aromatic rings. The standard InChI is InChI=1S/C18H19N5O2S/c1-12-5-4-6-15(11-12)23-18(20-21-22-23)26-13(2)17(24)19-14-7-9-16(25-3)10-8-14/h4-11,13H,1-3H3,(H,19,24)/t13-/m1/s1. The number of anilines is 1. The molecule has 1 N–H and O–H groups in total. The molecule has 26 heavy (non-hydrogen) atoms. The van der Waals surface area contributed by atoms with Gasteiger partial charge in [-0.05, 0) is 66.2 Å². The van der Waals surface area contributed by atoms with Crippen LogP contribution in [0.4, 0.5) is 5.69 Å². The highest BCUT2D eigenvalue weighted by atomic mass is 32.2. The van der Waals surface area contributed by atoms with Crippen molar-refractivity contribution in [3.8, 4) is 11.4 Å². The van der Waals surface area contributed by atoms with Crippen LogP contribution in [0.15, 0.2) is 53.7 Å². The van der Waals surface area contributed by atoms with Crippen molar-refractivity contribution < 1.29 is 9.53 Å². The molecule has 134 valence electrons. The fraction of sp³-hybridized carbons (Fsp3) is 0.222. The van der Waals surface area contributed by atoms with Gasteiger partial charge in [-0.2, -0.15) is 4.68 Å². The lowest BCUT2D eigenvalue weighted by molar-refractivity contribution is -0.115. The van der Waals surface area contributed by atoms with Crippen molar-refractivity contribution in [1.82, 2.24) is 20.2 Å². The average Bonchev–Trinajstić information content (AvgIpc) is 3.10. The highest BCUT2D eigenvalue weighted by molar-refractivity contribution is 8.00. The van der Waals surface area contributed by atoms with E-state index in [0.717, 1.165) is 17.0 Å². The first kappa shape index (κ1) is 17.9. The van der Waals surface area contributed by atoms with Gasteiger partial charge in [0.15, 0.2) is 0 Å². The minimum Gasteiger partial charge on any atom is -0.497 e. The Morgan fingerprint density at radius 1 is 1.23 bits per heavy atom. The zero-order valence-corrected chi connectivity index (χ0v) is 15.5. The van der Waals surface area contributed by atoms with Gasteiger partial charge < -0.3 is 10.1 Å². The van der Waals surface area contributed by atoms with E-state index in [1.807, 2.05) is 38.1 Å². The molecule has 3 rings (SSSR count). The van der Waals surface area contributed by atoms with E-state index in [4.69, 9.17) is 4.74 Å². The molecule has 2 aromatic carbocycles. The summed E-state index contributed by atoms with van der Waals surface area (Å²) >= 11 is 1.30. The normalized spacial score (nSPS) is 11.8. The van der Waals surface area contributed by atoms with Gasteiger partial charge >= 0.3 is 0 Å². The fourth-order valence-electron chi connectivity index (χ4n) is 2.30. The molecule has 7 nitrogen and oxygen atoms in total. The van der Waals surface area contributed by atoms with Gasteiger partial charge in [0.05, 0.1) is 18.0 Å². The molecule has 0 bridgehead atoms. The number of ether oxygens (including phenoxy) is 1. The molecule has 8 heteroatoms. The van der Waals surface area contributed by atoms with Crippen LogP contribution < -0.4 is 10.1 Å². The number of aromatic nitrogens is 4. The van der Waals surface area contributed by atoms with Crippen LogP contribution in [0.2, 0.25) is 0 Å². The first-order valence-electron chi connectivity index (χ1n) is 8.04. The molecule has 0 aliphatic rings. The van der Waals surface area contributed by atoms with E-state index in [-0.39, 0.29) is 11.2 Å². The van der Waals surface area contributed by atoms with Crippen LogP contribution in [0.1, 0.15) is 12.5 Å². The number of nitrogens with zero attached hydrogens (tertiary/aromatic N) is 4. The number of amides is 1. The van der Waals surface area contributed by atoms with Crippen LogP contribution in [0.3, 0.4) is 0 Å². The third-order valence-electron chi connectivity index (χ3n) is 3.70. The van der Waals surface area contributed by atoms with Crippen molar-refractivity contribution in [2.75, 3.05) is 12.4 Å². The maximum absolute atomic E-state index is 12.5. The van der Waals surface area contributed by atoms with Crippen molar-refractivity contribution in [2.24, 2.45) is 0 Å². The molecule has 0 radical (unpaired) electrons. The Labute approximate surface area is 155 Å². The second kappa shape index (κ2) is 8.01. The lowest BCUT2D eigenvalue weighted by atomic mass is 10.2. The molecule has 0 aliphatic heterocycles. The quantitative estimate of drug-likeness (QED) is 0.673. The Hall–Kier alpha value is -2.87. The number of nitrogens with one attached hydrogen (secondary N) is 1. The Kier molecular flexibility index (Phi) is 5.52. The van der Waals surface area contributed by atoms with Crippen LogP contribution in [-0.4, -0.2) is 38.5 Å². The number of rotatable bonds is 6. The van der Waals surface area contributed by atoms with Crippen molar-refractivity contribution in [3.63, 3.8) is 0 Å². The van der Waals surface area contributed by atoms with Gasteiger partial charge in [-0.25, -0.2) is 0 Å². The predicted octanol–water partition coefficient (Wildman–Crippen LogP) is 3.10. The molecule has 1 heterocycles. The van der Waals surface area contributed by atoms with Gasteiger partial charge in [0.25, 0.3) is 0 Å². The van der Waals surface area contributed by atoms with Gasteiger partial charge in [-0.15, -0.1) is 5.10 Å². The third-order valence-corrected chi connectivity index (χ3v) is 4.73. The monoisotopic (exact) mass is 369 g/mol. The number of methoxy groups -OCH3 is 1. The zero-order chi connectivity index (χ0) is 18.5. The minimum atomic E-state index is -0.369. The van der Waals surface area contributed by atoms with Gasteiger partial charge in [0, 0.05) is 5.69 Å². The summed E-state index contributed by atoms with van der Waals surface area (Å²) in [6.45, 7) is 3.82. The summed E-state index contributed by atoms with van der Waals surface area (Å²) in [6, 6.07) is 15.1. The molecular formula is C18H19N5O2S. The van der Waals surface area contributed by atoms with E-state index in [1.54, 1.807) is 36.1 Å². The lowest BCUT2D eigenvalue weighted by Gasteiger charge is -2.12. The molecule has 0 spiro atoms. The van der Waals surface area contributed by atoms with Crippen molar-refractivity contribution >= 4 is 23.4 Å². The maximum atomic E-state index is 12.5. The van der Waals surface area contributed by atoms with Crippen molar-refractivity contribution in [2.45, 2.75) is 24.3 Å². The van der Waals surface area contributed by atoms with Gasteiger partial charge in [-0.3, -0.25) is 4.79 Å².